The van der Waals surface area contributed by atoms with Gasteiger partial charge in [-0.05, 0) is 32.0 Å². The molecule has 4 heterocycles. The first-order chi connectivity index (χ1) is 14.2. The highest BCUT2D eigenvalue weighted by atomic mass is 15.3. The molecule has 0 atom stereocenters. The van der Waals surface area contributed by atoms with E-state index in [1.54, 1.807) is 24.8 Å². The van der Waals surface area contributed by atoms with Crippen molar-refractivity contribution in [2.75, 3.05) is 49.5 Å². The van der Waals surface area contributed by atoms with E-state index in [1.807, 2.05) is 25.1 Å². The Kier molecular flexibility index (Phi) is 5.90. The Morgan fingerprint density at radius 3 is 2.48 bits per heavy atom. The largest absolute Gasteiger partial charge is 0.368 e. The lowest BCUT2D eigenvalue weighted by Gasteiger charge is -2.34. The molecule has 29 heavy (non-hydrogen) atoms. The van der Waals surface area contributed by atoms with Crippen LogP contribution in [0.2, 0.25) is 0 Å². The van der Waals surface area contributed by atoms with Gasteiger partial charge in [-0.25, -0.2) is 19.9 Å². The number of aryl methyl sites for hydroxylation is 1. The van der Waals surface area contributed by atoms with Gasteiger partial charge in [-0.3, -0.25) is 9.88 Å². The standard InChI is InChI=1S/C21H26N8/c1-16-17(2)26-20(18-5-3-6-22-15-18)27-19(16)23-9-10-28-11-13-29(14-12-28)21-24-7-4-8-25-21/h3-8,15H,9-14H2,1-2H3,(H,23,26,27). The van der Waals surface area contributed by atoms with E-state index >= 15 is 0 Å². The summed E-state index contributed by atoms with van der Waals surface area (Å²) < 4.78 is 0. The molecule has 1 fully saturated rings. The van der Waals surface area contributed by atoms with Crippen molar-refractivity contribution in [1.82, 2.24) is 29.8 Å². The second-order valence-electron chi connectivity index (χ2n) is 7.15. The van der Waals surface area contributed by atoms with Crippen molar-refractivity contribution in [3.05, 3.63) is 54.2 Å². The molecule has 4 rings (SSSR count). The van der Waals surface area contributed by atoms with Gasteiger partial charge in [0, 0.05) is 80.9 Å². The highest BCUT2D eigenvalue weighted by molar-refractivity contribution is 5.58. The number of hydrogen-bond acceptors (Lipinski definition) is 8. The van der Waals surface area contributed by atoms with E-state index in [4.69, 9.17) is 4.98 Å². The van der Waals surface area contributed by atoms with Crippen molar-refractivity contribution >= 4 is 11.8 Å². The van der Waals surface area contributed by atoms with Crippen molar-refractivity contribution in [3.8, 4) is 11.4 Å². The molecular weight excluding hydrogens is 364 g/mol. The first-order valence-electron chi connectivity index (χ1n) is 9.94. The van der Waals surface area contributed by atoms with Gasteiger partial charge in [0.05, 0.1) is 0 Å². The van der Waals surface area contributed by atoms with Crippen LogP contribution in [0.5, 0.6) is 0 Å². The zero-order valence-electron chi connectivity index (χ0n) is 16.9. The number of anilines is 2. The molecule has 1 saturated heterocycles. The van der Waals surface area contributed by atoms with Crippen LogP contribution >= 0.6 is 0 Å². The molecule has 8 heteroatoms. The number of rotatable bonds is 6. The molecule has 0 radical (unpaired) electrons. The SMILES string of the molecule is Cc1nc(-c2cccnc2)nc(NCCN2CCN(c3ncccn3)CC2)c1C. The summed E-state index contributed by atoms with van der Waals surface area (Å²) in [5, 5.41) is 3.50. The van der Waals surface area contributed by atoms with Gasteiger partial charge in [-0.15, -0.1) is 0 Å². The lowest BCUT2D eigenvalue weighted by molar-refractivity contribution is 0.266. The van der Waals surface area contributed by atoms with Crippen LogP contribution in [0.4, 0.5) is 11.8 Å². The van der Waals surface area contributed by atoms with Crippen molar-refractivity contribution in [2.45, 2.75) is 13.8 Å². The van der Waals surface area contributed by atoms with Gasteiger partial charge in [-0.1, -0.05) is 0 Å². The normalized spacial score (nSPS) is 14.8. The number of hydrogen-bond donors (Lipinski definition) is 1. The van der Waals surface area contributed by atoms with Crippen molar-refractivity contribution in [1.29, 1.82) is 0 Å². The van der Waals surface area contributed by atoms with Crippen LogP contribution in [0.25, 0.3) is 11.4 Å². The molecule has 0 aliphatic carbocycles. The fourth-order valence-electron chi connectivity index (χ4n) is 3.38. The van der Waals surface area contributed by atoms with Crippen LogP contribution in [0.1, 0.15) is 11.3 Å². The summed E-state index contributed by atoms with van der Waals surface area (Å²) in [5.74, 6) is 2.42. The summed E-state index contributed by atoms with van der Waals surface area (Å²) in [5.41, 5.74) is 3.00. The van der Waals surface area contributed by atoms with E-state index in [-0.39, 0.29) is 0 Å². The highest BCUT2D eigenvalue weighted by Crippen LogP contribution is 2.21. The van der Waals surface area contributed by atoms with Gasteiger partial charge < -0.3 is 10.2 Å². The predicted octanol–water partition coefficient (Wildman–Crippen LogP) is 2.18. The Hall–Kier alpha value is -3.13. The Labute approximate surface area is 171 Å². The Balaban J connectivity index is 1.32. The molecule has 0 spiro atoms. The average Bonchev–Trinajstić information content (AvgIpc) is 2.78. The molecule has 3 aromatic heterocycles. The maximum atomic E-state index is 4.73. The minimum atomic E-state index is 0.708. The quantitative estimate of drug-likeness (QED) is 0.686. The van der Waals surface area contributed by atoms with Crippen molar-refractivity contribution in [2.24, 2.45) is 0 Å². The number of piperazine rings is 1. The number of pyridine rings is 1. The fraction of sp³-hybridized carbons (Fsp3) is 0.381. The predicted molar refractivity (Wildman–Crippen MR) is 114 cm³/mol. The molecule has 1 aliphatic rings. The summed E-state index contributed by atoms with van der Waals surface area (Å²) in [6.07, 6.45) is 7.14. The highest BCUT2D eigenvalue weighted by Gasteiger charge is 2.18. The van der Waals surface area contributed by atoms with Crippen LogP contribution in [0.15, 0.2) is 43.0 Å². The zero-order chi connectivity index (χ0) is 20.1. The summed E-state index contributed by atoms with van der Waals surface area (Å²) in [4.78, 5) is 26.9. The topological polar surface area (TPSA) is 83.0 Å². The maximum absolute atomic E-state index is 4.73. The Bertz CT molecular complexity index is 924. The first-order valence-corrected chi connectivity index (χ1v) is 9.94. The average molecular weight is 390 g/mol. The molecule has 0 saturated carbocycles. The van der Waals surface area contributed by atoms with E-state index < -0.39 is 0 Å². The molecule has 0 amide bonds. The molecule has 0 bridgehead atoms. The van der Waals surface area contributed by atoms with Crippen LogP contribution in [0, 0.1) is 13.8 Å². The van der Waals surface area contributed by atoms with Crippen LogP contribution < -0.4 is 10.2 Å². The summed E-state index contributed by atoms with van der Waals surface area (Å²) >= 11 is 0. The van der Waals surface area contributed by atoms with Gasteiger partial charge in [-0.2, -0.15) is 0 Å². The Morgan fingerprint density at radius 1 is 0.966 bits per heavy atom. The molecule has 3 aromatic rings. The van der Waals surface area contributed by atoms with E-state index in [9.17, 15) is 0 Å². The van der Waals surface area contributed by atoms with Crippen molar-refractivity contribution in [3.63, 3.8) is 0 Å². The molecule has 0 aromatic carbocycles. The number of nitrogens with one attached hydrogen (secondary N) is 1. The lowest BCUT2D eigenvalue weighted by Crippen LogP contribution is -2.48. The molecule has 1 N–H and O–H groups in total. The number of aromatic nitrogens is 5. The van der Waals surface area contributed by atoms with Gasteiger partial charge in [0.15, 0.2) is 5.82 Å². The smallest absolute Gasteiger partial charge is 0.225 e. The van der Waals surface area contributed by atoms with Crippen LogP contribution in [-0.4, -0.2) is 69.1 Å². The molecular formula is C21H26N8. The zero-order valence-corrected chi connectivity index (χ0v) is 16.9. The van der Waals surface area contributed by atoms with E-state index in [2.05, 4.69) is 42.0 Å². The molecule has 1 aliphatic heterocycles. The second kappa shape index (κ2) is 8.91. The third-order valence-corrected chi connectivity index (χ3v) is 5.24. The van der Waals surface area contributed by atoms with E-state index in [0.717, 1.165) is 67.9 Å². The van der Waals surface area contributed by atoms with Crippen LogP contribution in [-0.2, 0) is 0 Å². The lowest BCUT2D eigenvalue weighted by atomic mass is 10.2. The molecule has 150 valence electrons. The van der Waals surface area contributed by atoms with Gasteiger partial charge in [0.25, 0.3) is 0 Å². The minimum absolute atomic E-state index is 0.708. The molecule has 8 nitrogen and oxygen atoms in total. The van der Waals surface area contributed by atoms with E-state index in [0.29, 0.717) is 5.82 Å². The third kappa shape index (κ3) is 4.65. The maximum Gasteiger partial charge on any atom is 0.225 e. The van der Waals surface area contributed by atoms with Gasteiger partial charge in [0.2, 0.25) is 5.95 Å². The summed E-state index contributed by atoms with van der Waals surface area (Å²) in [6, 6.07) is 5.74. The Morgan fingerprint density at radius 2 is 1.76 bits per heavy atom. The van der Waals surface area contributed by atoms with Crippen LogP contribution in [0.3, 0.4) is 0 Å². The summed E-state index contributed by atoms with van der Waals surface area (Å²) in [7, 11) is 0. The van der Waals surface area contributed by atoms with Gasteiger partial charge in [0.1, 0.15) is 5.82 Å². The monoisotopic (exact) mass is 390 g/mol. The molecule has 0 unspecified atom stereocenters. The van der Waals surface area contributed by atoms with Crippen molar-refractivity contribution < 1.29 is 0 Å². The second-order valence-corrected chi connectivity index (χ2v) is 7.15. The fourth-order valence-corrected chi connectivity index (χ4v) is 3.38. The first kappa shape index (κ1) is 19.2. The number of nitrogens with zero attached hydrogens (tertiary/aromatic N) is 7. The minimum Gasteiger partial charge on any atom is -0.368 e. The van der Waals surface area contributed by atoms with Gasteiger partial charge >= 0.3 is 0 Å². The van der Waals surface area contributed by atoms with E-state index in [1.165, 1.54) is 0 Å². The third-order valence-electron chi connectivity index (χ3n) is 5.24. The summed E-state index contributed by atoms with van der Waals surface area (Å²) in [6.45, 7) is 9.78.